The number of nitrogens with zero attached hydrogens (tertiary/aromatic N) is 3. The summed E-state index contributed by atoms with van der Waals surface area (Å²) in [7, 11) is 0. The molecule has 0 aliphatic carbocycles. The van der Waals surface area contributed by atoms with Crippen LogP contribution < -0.4 is 0 Å². The molecule has 0 atom stereocenters. The van der Waals surface area contributed by atoms with Crippen molar-refractivity contribution < 1.29 is 4.79 Å². The SMILES string of the molecule is C=CCn1nc(C)c(CCC(=O)N2CCCC2)c1C. The second-order valence-corrected chi connectivity index (χ2v) is 5.21. The van der Waals surface area contributed by atoms with Gasteiger partial charge in [0.2, 0.25) is 5.91 Å². The Morgan fingerprint density at radius 2 is 2.05 bits per heavy atom. The van der Waals surface area contributed by atoms with E-state index in [0.717, 1.165) is 50.3 Å². The molecule has 0 spiro atoms. The standard InChI is InChI=1S/C15H23N3O/c1-4-9-18-13(3)14(12(2)16-18)7-8-15(19)17-10-5-6-11-17/h4H,1,5-11H2,2-3H3. The molecule has 0 unspecified atom stereocenters. The van der Waals surface area contributed by atoms with Crippen LogP contribution in [0, 0.1) is 13.8 Å². The van der Waals surface area contributed by atoms with E-state index in [0.29, 0.717) is 6.42 Å². The van der Waals surface area contributed by atoms with Gasteiger partial charge in [-0.3, -0.25) is 9.48 Å². The van der Waals surface area contributed by atoms with Crippen LogP contribution >= 0.6 is 0 Å². The lowest BCUT2D eigenvalue weighted by atomic mass is 10.1. The molecule has 0 radical (unpaired) electrons. The average Bonchev–Trinajstić information content (AvgIpc) is 2.99. The summed E-state index contributed by atoms with van der Waals surface area (Å²) in [4.78, 5) is 14.0. The highest BCUT2D eigenvalue weighted by molar-refractivity contribution is 5.76. The third-order valence-corrected chi connectivity index (χ3v) is 3.88. The lowest BCUT2D eigenvalue weighted by Gasteiger charge is -2.14. The second kappa shape index (κ2) is 6.04. The van der Waals surface area contributed by atoms with Gasteiger partial charge in [0.05, 0.1) is 12.2 Å². The molecule has 0 aromatic carbocycles. The minimum atomic E-state index is 0.285. The van der Waals surface area contributed by atoms with E-state index in [9.17, 15) is 4.79 Å². The first-order valence-electron chi connectivity index (χ1n) is 7.05. The lowest BCUT2D eigenvalue weighted by Crippen LogP contribution is -2.27. The molecule has 1 aliphatic rings. The van der Waals surface area contributed by atoms with E-state index < -0.39 is 0 Å². The number of aromatic nitrogens is 2. The van der Waals surface area contributed by atoms with Crippen molar-refractivity contribution in [2.75, 3.05) is 13.1 Å². The number of aryl methyl sites for hydroxylation is 1. The molecule has 1 fully saturated rings. The molecule has 1 aromatic heterocycles. The van der Waals surface area contributed by atoms with Crippen LogP contribution in [0.2, 0.25) is 0 Å². The van der Waals surface area contributed by atoms with Crippen molar-refractivity contribution in [3.63, 3.8) is 0 Å². The minimum absolute atomic E-state index is 0.285. The van der Waals surface area contributed by atoms with Crippen molar-refractivity contribution in [3.05, 3.63) is 29.6 Å². The van der Waals surface area contributed by atoms with Crippen LogP contribution in [0.4, 0.5) is 0 Å². The average molecular weight is 261 g/mol. The molecule has 1 amide bonds. The van der Waals surface area contributed by atoms with Gasteiger partial charge in [0.15, 0.2) is 0 Å². The molecule has 0 N–H and O–H groups in total. The zero-order valence-corrected chi connectivity index (χ0v) is 12.0. The largest absolute Gasteiger partial charge is 0.343 e. The summed E-state index contributed by atoms with van der Waals surface area (Å²) < 4.78 is 1.96. The number of hydrogen-bond acceptors (Lipinski definition) is 2. The molecular weight excluding hydrogens is 238 g/mol. The van der Waals surface area contributed by atoms with Gasteiger partial charge in [0.1, 0.15) is 0 Å². The van der Waals surface area contributed by atoms with E-state index in [1.165, 1.54) is 5.56 Å². The van der Waals surface area contributed by atoms with Crippen molar-refractivity contribution >= 4 is 5.91 Å². The van der Waals surface area contributed by atoms with Crippen LogP contribution in [0.1, 0.15) is 36.2 Å². The summed E-state index contributed by atoms with van der Waals surface area (Å²) in [5.74, 6) is 0.285. The zero-order valence-electron chi connectivity index (χ0n) is 12.0. The maximum absolute atomic E-state index is 12.1. The van der Waals surface area contributed by atoms with Gasteiger partial charge in [-0.1, -0.05) is 6.08 Å². The molecule has 1 aromatic rings. The Morgan fingerprint density at radius 3 is 2.68 bits per heavy atom. The smallest absolute Gasteiger partial charge is 0.222 e. The van der Waals surface area contributed by atoms with Gasteiger partial charge in [0.25, 0.3) is 0 Å². The monoisotopic (exact) mass is 261 g/mol. The Labute approximate surface area is 115 Å². The number of rotatable bonds is 5. The lowest BCUT2D eigenvalue weighted by molar-refractivity contribution is -0.130. The molecule has 2 rings (SSSR count). The molecule has 0 saturated carbocycles. The first kappa shape index (κ1) is 13.8. The van der Waals surface area contributed by atoms with E-state index in [1.54, 1.807) is 0 Å². The minimum Gasteiger partial charge on any atom is -0.343 e. The van der Waals surface area contributed by atoms with Crippen LogP contribution in [-0.2, 0) is 17.8 Å². The summed E-state index contributed by atoms with van der Waals surface area (Å²) in [6.45, 7) is 10.4. The Bertz CT molecular complexity index is 470. The van der Waals surface area contributed by atoms with Crippen LogP contribution in [0.25, 0.3) is 0 Å². The number of allylic oxidation sites excluding steroid dienone is 1. The summed E-state index contributed by atoms with van der Waals surface area (Å²) in [6.07, 6.45) is 5.55. The maximum atomic E-state index is 12.1. The number of amides is 1. The van der Waals surface area contributed by atoms with E-state index in [1.807, 2.05) is 22.6 Å². The highest BCUT2D eigenvalue weighted by atomic mass is 16.2. The van der Waals surface area contributed by atoms with Gasteiger partial charge in [-0.25, -0.2) is 0 Å². The Hall–Kier alpha value is -1.58. The molecular formula is C15H23N3O. The fourth-order valence-corrected chi connectivity index (χ4v) is 2.75. The van der Waals surface area contributed by atoms with Gasteiger partial charge < -0.3 is 4.90 Å². The predicted molar refractivity (Wildman–Crippen MR) is 76.0 cm³/mol. The van der Waals surface area contributed by atoms with E-state index in [4.69, 9.17) is 0 Å². The zero-order chi connectivity index (χ0) is 13.8. The van der Waals surface area contributed by atoms with Crippen molar-refractivity contribution in [2.24, 2.45) is 0 Å². The highest BCUT2D eigenvalue weighted by Gasteiger charge is 2.19. The number of carbonyl (C=O) groups excluding carboxylic acids is 1. The van der Waals surface area contributed by atoms with Crippen molar-refractivity contribution in [1.82, 2.24) is 14.7 Å². The topological polar surface area (TPSA) is 38.1 Å². The molecule has 104 valence electrons. The molecule has 4 heteroatoms. The molecule has 2 heterocycles. The first-order valence-corrected chi connectivity index (χ1v) is 7.05. The third kappa shape index (κ3) is 3.06. The van der Waals surface area contributed by atoms with Gasteiger partial charge in [-0.15, -0.1) is 6.58 Å². The van der Waals surface area contributed by atoms with E-state index >= 15 is 0 Å². The molecule has 0 bridgehead atoms. The highest BCUT2D eigenvalue weighted by Crippen LogP contribution is 2.17. The fraction of sp³-hybridized carbons (Fsp3) is 0.600. The number of carbonyl (C=O) groups is 1. The van der Waals surface area contributed by atoms with Crippen molar-refractivity contribution in [1.29, 1.82) is 0 Å². The van der Waals surface area contributed by atoms with Gasteiger partial charge in [-0.2, -0.15) is 5.10 Å². The normalized spacial score (nSPS) is 14.9. The molecule has 1 saturated heterocycles. The van der Waals surface area contributed by atoms with Crippen molar-refractivity contribution in [2.45, 2.75) is 46.1 Å². The van der Waals surface area contributed by atoms with E-state index in [2.05, 4.69) is 18.6 Å². The predicted octanol–water partition coefficient (Wildman–Crippen LogP) is 2.24. The van der Waals surface area contributed by atoms with Crippen LogP contribution in [-0.4, -0.2) is 33.7 Å². The molecule has 4 nitrogen and oxygen atoms in total. The Balaban J connectivity index is 1.98. The maximum Gasteiger partial charge on any atom is 0.222 e. The first-order chi connectivity index (χ1) is 9.13. The summed E-state index contributed by atoms with van der Waals surface area (Å²) in [6, 6.07) is 0. The Morgan fingerprint density at radius 1 is 1.37 bits per heavy atom. The van der Waals surface area contributed by atoms with Gasteiger partial charge in [-0.05, 0) is 38.7 Å². The Kier molecular flexibility index (Phi) is 4.40. The van der Waals surface area contributed by atoms with Gasteiger partial charge in [0, 0.05) is 25.2 Å². The molecule has 19 heavy (non-hydrogen) atoms. The van der Waals surface area contributed by atoms with Crippen LogP contribution in [0.3, 0.4) is 0 Å². The quantitative estimate of drug-likeness (QED) is 0.762. The fourth-order valence-electron chi connectivity index (χ4n) is 2.75. The van der Waals surface area contributed by atoms with E-state index in [-0.39, 0.29) is 5.91 Å². The van der Waals surface area contributed by atoms with Crippen molar-refractivity contribution in [3.8, 4) is 0 Å². The van der Waals surface area contributed by atoms with Gasteiger partial charge >= 0.3 is 0 Å². The summed E-state index contributed by atoms with van der Waals surface area (Å²) >= 11 is 0. The second-order valence-electron chi connectivity index (χ2n) is 5.21. The summed E-state index contributed by atoms with van der Waals surface area (Å²) in [5.41, 5.74) is 3.41. The van der Waals surface area contributed by atoms with Crippen LogP contribution in [0.5, 0.6) is 0 Å². The number of likely N-dealkylation sites (tertiary alicyclic amines) is 1. The van der Waals surface area contributed by atoms with Crippen LogP contribution in [0.15, 0.2) is 12.7 Å². The molecule has 1 aliphatic heterocycles. The third-order valence-electron chi connectivity index (χ3n) is 3.88. The summed E-state index contributed by atoms with van der Waals surface area (Å²) in [5, 5.41) is 4.50. The number of hydrogen-bond donors (Lipinski definition) is 0.